The lowest BCUT2D eigenvalue weighted by atomic mass is 10.1. The fourth-order valence-corrected chi connectivity index (χ4v) is 4.64. The fourth-order valence-electron chi connectivity index (χ4n) is 3.55. The van der Waals surface area contributed by atoms with Crippen LogP contribution in [0.5, 0.6) is 0 Å². The maximum absolute atomic E-state index is 13.6. The first kappa shape index (κ1) is 27.9. The third-order valence-electron chi connectivity index (χ3n) is 5.19. The number of aryl methyl sites for hydroxylation is 1. The van der Waals surface area contributed by atoms with E-state index in [4.69, 9.17) is 0 Å². The zero-order valence-corrected chi connectivity index (χ0v) is 23.0. The number of sulfonamides is 1. The quantitative estimate of drug-likeness (QED) is 0.504. The Balaban J connectivity index is 2.45. The van der Waals surface area contributed by atoms with E-state index in [0.717, 1.165) is 26.2 Å². The van der Waals surface area contributed by atoms with Crippen LogP contribution in [0.1, 0.15) is 45.2 Å². The molecule has 1 atom stereocenters. The van der Waals surface area contributed by atoms with Gasteiger partial charge in [0.2, 0.25) is 21.8 Å². The van der Waals surface area contributed by atoms with Crippen LogP contribution >= 0.6 is 15.9 Å². The van der Waals surface area contributed by atoms with Crippen molar-refractivity contribution in [2.24, 2.45) is 0 Å². The van der Waals surface area contributed by atoms with E-state index in [2.05, 4.69) is 21.2 Å². The van der Waals surface area contributed by atoms with Crippen molar-refractivity contribution in [1.82, 2.24) is 10.2 Å². The molecule has 2 aromatic rings. The van der Waals surface area contributed by atoms with E-state index in [1.807, 2.05) is 65.0 Å². The zero-order chi connectivity index (χ0) is 25.7. The van der Waals surface area contributed by atoms with Crippen LogP contribution in [0.2, 0.25) is 0 Å². The summed E-state index contributed by atoms with van der Waals surface area (Å²) >= 11 is 3.42. The molecule has 0 aliphatic heterocycles. The Labute approximate surface area is 211 Å². The molecule has 0 saturated heterocycles. The van der Waals surface area contributed by atoms with Crippen LogP contribution in [-0.4, -0.2) is 49.5 Å². The van der Waals surface area contributed by atoms with E-state index in [0.29, 0.717) is 12.1 Å². The van der Waals surface area contributed by atoms with Gasteiger partial charge in [0.25, 0.3) is 0 Å². The van der Waals surface area contributed by atoms with Gasteiger partial charge in [-0.1, -0.05) is 53.2 Å². The Bertz CT molecular complexity index is 1110. The van der Waals surface area contributed by atoms with E-state index in [9.17, 15) is 18.0 Å². The number of nitrogens with one attached hydrogen (secondary N) is 1. The van der Waals surface area contributed by atoms with Crippen molar-refractivity contribution in [1.29, 1.82) is 0 Å². The van der Waals surface area contributed by atoms with Gasteiger partial charge in [0, 0.05) is 16.6 Å². The van der Waals surface area contributed by atoms with Crippen molar-refractivity contribution in [3.63, 3.8) is 0 Å². The summed E-state index contributed by atoms with van der Waals surface area (Å²) in [5.41, 5.74) is 1.61. The summed E-state index contributed by atoms with van der Waals surface area (Å²) < 4.78 is 27.3. The molecular formula is C25H34BrN3O4S. The molecule has 186 valence electrons. The molecule has 34 heavy (non-hydrogen) atoms. The molecule has 0 saturated carbocycles. The van der Waals surface area contributed by atoms with Gasteiger partial charge < -0.3 is 10.2 Å². The third kappa shape index (κ3) is 7.84. The standard InChI is InChI=1S/C25H34BrN3O4S/c1-7-22(24(31)27-25(3,4)5)28(16-19-11-9-8-10-12-19)23(30)17-29(34(6,32)33)20-13-14-21(26)18(2)15-20/h8-15,22H,7,16-17H2,1-6H3,(H,27,31). The minimum absolute atomic E-state index is 0.187. The molecule has 0 aliphatic rings. The molecule has 9 heteroatoms. The van der Waals surface area contributed by atoms with Crippen molar-refractivity contribution in [3.8, 4) is 0 Å². The summed E-state index contributed by atoms with van der Waals surface area (Å²) in [6.45, 7) is 9.09. The third-order valence-corrected chi connectivity index (χ3v) is 7.22. The Kier molecular flexibility index (Phi) is 9.30. The topological polar surface area (TPSA) is 86.8 Å². The molecule has 0 aromatic heterocycles. The van der Waals surface area contributed by atoms with Crippen molar-refractivity contribution in [3.05, 3.63) is 64.1 Å². The highest BCUT2D eigenvalue weighted by molar-refractivity contribution is 9.10. The van der Waals surface area contributed by atoms with Crippen LogP contribution in [0.15, 0.2) is 53.0 Å². The van der Waals surface area contributed by atoms with Crippen LogP contribution in [0, 0.1) is 6.92 Å². The molecular weight excluding hydrogens is 518 g/mol. The smallest absolute Gasteiger partial charge is 0.244 e. The number of amides is 2. The number of anilines is 1. The summed E-state index contributed by atoms with van der Waals surface area (Å²) in [6.07, 6.45) is 1.46. The lowest BCUT2D eigenvalue weighted by Crippen LogP contribution is -2.55. The summed E-state index contributed by atoms with van der Waals surface area (Å²) in [4.78, 5) is 28.2. The number of carbonyl (C=O) groups is 2. The first-order chi connectivity index (χ1) is 15.7. The lowest BCUT2D eigenvalue weighted by Gasteiger charge is -2.34. The predicted molar refractivity (Wildman–Crippen MR) is 140 cm³/mol. The first-order valence-corrected chi connectivity index (χ1v) is 13.8. The van der Waals surface area contributed by atoms with Crippen molar-refractivity contribution >= 4 is 43.5 Å². The van der Waals surface area contributed by atoms with E-state index >= 15 is 0 Å². The molecule has 2 rings (SSSR count). The van der Waals surface area contributed by atoms with Crippen LogP contribution in [0.3, 0.4) is 0 Å². The van der Waals surface area contributed by atoms with Crippen LogP contribution in [0.4, 0.5) is 5.69 Å². The number of carbonyl (C=O) groups excluding carboxylic acids is 2. The van der Waals surface area contributed by atoms with Gasteiger partial charge in [-0.25, -0.2) is 8.42 Å². The number of halogens is 1. The molecule has 0 radical (unpaired) electrons. The number of nitrogens with zero attached hydrogens (tertiary/aromatic N) is 2. The molecule has 0 heterocycles. The number of benzene rings is 2. The van der Waals surface area contributed by atoms with Crippen molar-refractivity contribution in [2.75, 3.05) is 17.1 Å². The predicted octanol–water partition coefficient (Wildman–Crippen LogP) is 4.25. The second-order valence-corrected chi connectivity index (χ2v) is 12.1. The summed E-state index contributed by atoms with van der Waals surface area (Å²) in [5.74, 6) is -0.726. The van der Waals surface area contributed by atoms with E-state index in [1.54, 1.807) is 18.2 Å². The fraction of sp³-hybridized carbons (Fsp3) is 0.440. The Morgan fingerprint density at radius 1 is 1.09 bits per heavy atom. The number of hydrogen-bond donors (Lipinski definition) is 1. The highest BCUT2D eigenvalue weighted by Crippen LogP contribution is 2.25. The highest BCUT2D eigenvalue weighted by Gasteiger charge is 2.33. The van der Waals surface area contributed by atoms with Gasteiger partial charge >= 0.3 is 0 Å². The average Bonchev–Trinajstić information content (AvgIpc) is 2.72. The Morgan fingerprint density at radius 3 is 2.21 bits per heavy atom. The lowest BCUT2D eigenvalue weighted by molar-refractivity contribution is -0.141. The molecule has 0 spiro atoms. The van der Waals surface area contributed by atoms with Gasteiger partial charge in [0.1, 0.15) is 12.6 Å². The molecule has 1 N–H and O–H groups in total. The normalized spacial score (nSPS) is 12.7. The van der Waals surface area contributed by atoms with Crippen LogP contribution in [0.25, 0.3) is 0 Å². The monoisotopic (exact) mass is 551 g/mol. The summed E-state index contributed by atoms with van der Waals surface area (Å²) in [6, 6.07) is 13.7. The summed E-state index contributed by atoms with van der Waals surface area (Å²) in [7, 11) is -3.76. The SMILES string of the molecule is CCC(C(=O)NC(C)(C)C)N(Cc1ccccc1)C(=O)CN(c1ccc(Br)c(C)c1)S(C)(=O)=O. The minimum atomic E-state index is -3.76. The largest absolute Gasteiger partial charge is 0.350 e. The van der Waals surface area contributed by atoms with Gasteiger partial charge in [0.05, 0.1) is 11.9 Å². The maximum atomic E-state index is 13.6. The second-order valence-electron chi connectivity index (χ2n) is 9.37. The molecule has 2 amide bonds. The van der Waals surface area contributed by atoms with Gasteiger partial charge in [-0.3, -0.25) is 13.9 Å². The molecule has 0 bridgehead atoms. The molecule has 7 nitrogen and oxygen atoms in total. The maximum Gasteiger partial charge on any atom is 0.244 e. The molecule has 0 fully saturated rings. The Morgan fingerprint density at radius 2 is 1.71 bits per heavy atom. The van der Waals surface area contributed by atoms with Crippen LogP contribution in [-0.2, 0) is 26.2 Å². The highest BCUT2D eigenvalue weighted by atomic mass is 79.9. The average molecular weight is 553 g/mol. The molecule has 0 aliphatic carbocycles. The minimum Gasteiger partial charge on any atom is -0.350 e. The zero-order valence-electron chi connectivity index (χ0n) is 20.6. The van der Waals surface area contributed by atoms with Crippen molar-refractivity contribution < 1.29 is 18.0 Å². The number of hydrogen-bond acceptors (Lipinski definition) is 4. The van der Waals surface area contributed by atoms with Crippen molar-refractivity contribution in [2.45, 2.75) is 59.2 Å². The number of rotatable bonds is 9. The van der Waals surface area contributed by atoms with Gasteiger partial charge in [-0.2, -0.15) is 0 Å². The first-order valence-electron chi connectivity index (χ1n) is 11.1. The molecule has 1 unspecified atom stereocenters. The van der Waals surface area contributed by atoms with E-state index < -0.39 is 34.1 Å². The van der Waals surface area contributed by atoms with Gasteiger partial charge in [0.15, 0.2) is 0 Å². The van der Waals surface area contributed by atoms with Gasteiger partial charge in [-0.05, 0) is 63.4 Å². The second kappa shape index (κ2) is 11.4. The summed E-state index contributed by atoms with van der Waals surface area (Å²) in [5, 5.41) is 2.95. The Hall–Kier alpha value is -2.39. The molecule has 2 aromatic carbocycles. The van der Waals surface area contributed by atoms with Gasteiger partial charge in [-0.15, -0.1) is 0 Å². The van der Waals surface area contributed by atoms with E-state index in [-0.39, 0.29) is 12.5 Å². The van der Waals surface area contributed by atoms with E-state index in [1.165, 1.54) is 4.90 Å². The van der Waals surface area contributed by atoms with Crippen LogP contribution < -0.4 is 9.62 Å².